The van der Waals surface area contributed by atoms with E-state index in [-0.39, 0.29) is 17.4 Å². The normalized spacial score (nSPS) is 13.2. The van der Waals surface area contributed by atoms with Crippen molar-refractivity contribution in [2.75, 3.05) is 17.7 Å². The van der Waals surface area contributed by atoms with Gasteiger partial charge in [0.1, 0.15) is 11.8 Å². The number of nitrogens with zero attached hydrogens (tertiary/aromatic N) is 2. The molecule has 31 heavy (non-hydrogen) atoms. The maximum absolute atomic E-state index is 13.0. The summed E-state index contributed by atoms with van der Waals surface area (Å²) in [6.45, 7) is 5.25. The number of carbonyl (C=O) groups excluding carboxylic acids is 1. The van der Waals surface area contributed by atoms with Crippen LogP contribution in [0.1, 0.15) is 37.4 Å². The molecule has 2 atom stereocenters. The van der Waals surface area contributed by atoms with Gasteiger partial charge >= 0.3 is 0 Å². The van der Waals surface area contributed by atoms with Gasteiger partial charge in [-0.15, -0.1) is 0 Å². The molecule has 0 saturated carbocycles. The Bertz CT molecular complexity index is 1070. The number of nitrogens with one attached hydrogen (secondary N) is 1. The molecule has 1 amide bonds. The molecule has 0 aliphatic heterocycles. The number of hydrogen-bond acceptors (Lipinski definition) is 6. The standard InChI is InChI=1S/C21H27N3O6S/c1-6-19(16-10-11-20(30-4)14(2)12-16)22-21(25)15(3)23(31(5,28)29)17-8-7-9-18(13-17)24(26)27/h7-13,15,19H,6H2,1-5H3,(H,22,25)/t15-,19-/m0/s1. The fraction of sp³-hybridized carbons (Fsp3) is 0.381. The first-order chi connectivity index (χ1) is 14.5. The number of rotatable bonds is 9. The first-order valence-corrected chi connectivity index (χ1v) is 11.5. The van der Waals surface area contributed by atoms with Gasteiger partial charge in [0.2, 0.25) is 15.9 Å². The molecule has 0 bridgehead atoms. The maximum atomic E-state index is 13.0. The van der Waals surface area contributed by atoms with Crippen LogP contribution in [-0.4, -0.2) is 38.7 Å². The van der Waals surface area contributed by atoms with Crippen molar-refractivity contribution < 1.29 is 22.9 Å². The van der Waals surface area contributed by atoms with Crippen molar-refractivity contribution in [3.63, 3.8) is 0 Å². The largest absolute Gasteiger partial charge is 0.496 e. The molecule has 2 aromatic carbocycles. The van der Waals surface area contributed by atoms with Gasteiger partial charge in [-0.25, -0.2) is 8.42 Å². The topological polar surface area (TPSA) is 119 Å². The molecule has 168 valence electrons. The van der Waals surface area contributed by atoms with E-state index in [1.807, 2.05) is 32.0 Å². The fourth-order valence-electron chi connectivity index (χ4n) is 3.38. The van der Waals surface area contributed by atoms with Crippen LogP contribution in [0.4, 0.5) is 11.4 Å². The van der Waals surface area contributed by atoms with Crippen molar-refractivity contribution in [2.24, 2.45) is 0 Å². The fourth-order valence-corrected chi connectivity index (χ4v) is 4.55. The molecule has 0 saturated heterocycles. The Labute approximate surface area is 182 Å². The quantitative estimate of drug-likeness (QED) is 0.463. The lowest BCUT2D eigenvalue weighted by molar-refractivity contribution is -0.384. The van der Waals surface area contributed by atoms with Crippen LogP contribution in [0, 0.1) is 17.0 Å². The van der Waals surface area contributed by atoms with Crippen LogP contribution in [0.2, 0.25) is 0 Å². The van der Waals surface area contributed by atoms with E-state index in [1.54, 1.807) is 7.11 Å². The van der Waals surface area contributed by atoms with Gasteiger partial charge in [0.15, 0.2) is 0 Å². The Morgan fingerprint density at radius 1 is 1.26 bits per heavy atom. The molecule has 0 fully saturated rings. The molecule has 2 aromatic rings. The highest BCUT2D eigenvalue weighted by Gasteiger charge is 2.31. The van der Waals surface area contributed by atoms with Crippen molar-refractivity contribution in [3.8, 4) is 5.75 Å². The van der Waals surface area contributed by atoms with Crippen molar-refractivity contribution in [1.29, 1.82) is 0 Å². The Balaban J connectivity index is 2.33. The SMILES string of the molecule is CC[C@H](NC(=O)[C@H](C)N(c1cccc([N+](=O)[O-])c1)S(C)(=O)=O)c1ccc(OC)c(C)c1. The lowest BCUT2D eigenvalue weighted by Gasteiger charge is -2.29. The molecule has 2 rings (SSSR count). The van der Waals surface area contributed by atoms with Crippen LogP contribution in [0.15, 0.2) is 42.5 Å². The Morgan fingerprint density at radius 3 is 2.45 bits per heavy atom. The Kier molecular flexibility index (Phi) is 7.61. The van der Waals surface area contributed by atoms with Crippen LogP contribution < -0.4 is 14.4 Å². The number of sulfonamides is 1. The molecule has 0 radical (unpaired) electrons. The average Bonchev–Trinajstić information content (AvgIpc) is 2.70. The number of methoxy groups -OCH3 is 1. The number of benzene rings is 2. The van der Waals surface area contributed by atoms with Gasteiger partial charge in [-0.05, 0) is 43.5 Å². The molecule has 0 aliphatic carbocycles. The highest BCUT2D eigenvalue weighted by atomic mass is 32.2. The molecule has 1 N–H and O–H groups in total. The zero-order chi connectivity index (χ0) is 23.3. The zero-order valence-corrected chi connectivity index (χ0v) is 19.0. The lowest BCUT2D eigenvalue weighted by Crippen LogP contribution is -2.48. The number of nitro benzene ring substituents is 1. The van der Waals surface area contributed by atoms with E-state index in [0.717, 1.165) is 33.5 Å². The molecule has 0 unspecified atom stereocenters. The molecule has 0 heterocycles. The van der Waals surface area contributed by atoms with E-state index in [4.69, 9.17) is 4.74 Å². The predicted octanol–water partition coefficient (Wildman–Crippen LogP) is 3.33. The third kappa shape index (κ3) is 5.72. The molecule has 0 aliphatic rings. The summed E-state index contributed by atoms with van der Waals surface area (Å²) in [5.74, 6) is 0.212. The van der Waals surface area contributed by atoms with Crippen LogP contribution in [0.5, 0.6) is 5.75 Å². The van der Waals surface area contributed by atoms with Gasteiger partial charge in [-0.1, -0.05) is 25.1 Å². The zero-order valence-electron chi connectivity index (χ0n) is 18.2. The average molecular weight is 450 g/mol. The van der Waals surface area contributed by atoms with Crippen LogP contribution in [0.25, 0.3) is 0 Å². The van der Waals surface area contributed by atoms with Gasteiger partial charge in [0, 0.05) is 12.1 Å². The molecular formula is C21H27N3O6S. The Morgan fingerprint density at radius 2 is 1.94 bits per heavy atom. The number of aryl methyl sites for hydroxylation is 1. The summed E-state index contributed by atoms with van der Waals surface area (Å²) in [7, 11) is -2.31. The number of nitro groups is 1. The number of amides is 1. The summed E-state index contributed by atoms with van der Waals surface area (Å²) >= 11 is 0. The monoisotopic (exact) mass is 449 g/mol. The Hall–Kier alpha value is -3.14. The number of carbonyl (C=O) groups is 1. The van der Waals surface area contributed by atoms with E-state index in [9.17, 15) is 23.3 Å². The smallest absolute Gasteiger partial charge is 0.271 e. The number of anilines is 1. The van der Waals surface area contributed by atoms with E-state index < -0.39 is 26.9 Å². The summed E-state index contributed by atoms with van der Waals surface area (Å²) in [6, 6.07) is 9.30. The van der Waals surface area contributed by atoms with Crippen LogP contribution in [-0.2, 0) is 14.8 Å². The van der Waals surface area contributed by atoms with E-state index >= 15 is 0 Å². The van der Waals surface area contributed by atoms with Crippen LogP contribution in [0.3, 0.4) is 0 Å². The minimum Gasteiger partial charge on any atom is -0.496 e. The van der Waals surface area contributed by atoms with E-state index in [2.05, 4.69) is 5.32 Å². The van der Waals surface area contributed by atoms with Crippen molar-refractivity contribution in [1.82, 2.24) is 5.32 Å². The first-order valence-electron chi connectivity index (χ1n) is 9.68. The second-order valence-corrected chi connectivity index (χ2v) is 9.07. The second kappa shape index (κ2) is 9.78. The number of hydrogen-bond donors (Lipinski definition) is 1. The predicted molar refractivity (Wildman–Crippen MR) is 119 cm³/mol. The van der Waals surface area contributed by atoms with Gasteiger partial charge in [0.25, 0.3) is 5.69 Å². The van der Waals surface area contributed by atoms with E-state index in [0.29, 0.717) is 6.42 Å². The highest BCUT2D eigenvalue weighted by molar-refractivity contribution is 7.92. The molecular weight excluding hydrogens is 422 g/mol. The second-order valence-electron chi connectivity index (χ2n) is 7.21. The minimum absolute atomic E-state index is 0.0488. The molecule has 10 heteroatoms. The summed E-state index contributed by atoms with van der Waals surface area (Å²) in [5, 5.41) is 14.0. The van der Waals surface area contributed by atoms with Gasteiger partial charge in [-0.3, -0.25) is 19.2 Å². The summed E-state index contributed by atoms with van der Waals surface area (Å²) in [4.78, 5) is 23.5. The van der Waals surface area contributed by atoms with Crippen molar-refractivity contribution in [3.05, 3.63) is 63.7 Å². The van der Waals surface area contributed by atoms with Gasteiger partial charge in [-0.2, -0.15) is 0 Å². The number of non-ortho nitro benzene ring substituents is 1. The van der Waals surface area contributed by atoms with Crippen molar-refractivity contribution >= 4 is 27.3 Å². The van der Waals surface area contributed by atoms with Crippen molar-refractivity contribution in [2.45, 2.75) is 39.3 Å². The third-order valence-electron chi connectivity index (χ3n) is 4.93. The summed E-state index contributed by atoms with van der Waals surface area (Å²) < 4.78 is 31.1. The lowest BCUT2D eigenvalue weighted by atomic mass is 10.0. The van der Waals surface area contributed by atoms with Gasteiger partial charge < -0.3 is 10.1 Å². The number of ether oxygens (including phenoxy) is 1. The third-order valence-corrected chi connectivity index (χ3v) is 6.17. The minimum atomic E-state index is -3.89. The maximum Gasteiger partial charge on any atom is 0.271 e. The molecule has 0 spiro atoms. The summed E-state index contributed by atoms with van der Waals surface area (Å²) in [5.41, 5.74) is 1.56. The first kappa shape index (κ1) is 24.1. The molecule has 0 aromatic heterocycles. The van der Waals surface area contributed by atoms with Gasteiger partial charge in [0.05, 0.1) is 30.0 Å². The highest BCUT2D eigenvalue weighted by Crippen LogP contribution is 2.27. The molecule has 9 nitrogen and oxygen atoms in total. The van der Waals surface area contributed by atoms with E-state index in [1.165, 1.54) is 25.1 Å². The summed E-state index contributed by atoms with van der Waals surface area (Å²) in [6.07, 6.45) is 1.54. The van der Waals surface area contributed by atoms with Crippen LogP contribution >= 0.6 is 0 Å².